The highest BCUT2D eigenvalue weighted by molar-refractivity contribution is 7.89. The number of hydrogen-bond donors (Lipinski definition) is 1. The van der Waals surface area contributed by atoms with Gasteiger partial charge in [-0.1, -0.05) is 41.9 Å². The third kappa shape index (κ3) is 6.53. The summed E-state index contributed by atoms with van der Waals surface area (Å²) in [4.78, 5) is 26.3. The first-order valence-electron chi connectivity index (χ1n) is 10.2. The van der Waals surface area contributed by atoms with Crippen LogP contribution in [0, 0.1) is 0 Å². The van der Waals surface area contributed by atoms with E-state index in [1.165, 1.54) is 4.31 Å². The standard InChI is InChI=1S/C22H26ClN3O4S/c23-19-8-6-18(7-9-19)12-13-24-21(27)10-11-22(28)25-14-16-26(17-15-25)31(29,30)20-4-2-1-3-5-20/h1-9H,10-17H2,(H,24,27). The maximum Gasteiger partial charge on any atom is 0.243 e. The third-order valence-electron chi connectivity index (χ3n) is 5.19. The van der Waals surface area contributed by atoms with Gasteiger partial charge in [-0.25, -0.2) is 8.42 Å². The average molecular weight is 464 g/mol. The number of amides is 2. The number of carbonyl (C=O) groups excluding carboxylic acids is 2. The predicted molar refractivity (Wildman–Crippen MR) is 119 cm³/mol. The number of sulfonamides is 1. The number of benzene rings is 2. The molecular weight excluding hydrogens is 438 g/mol. The smallest absolute Gasteiger partial charge is 0.243 e. The Morgan fingerprint density at radius 1 is 0.903 bits per heavy atom. The van der Waals surface area contributed by atoms with Gasteiger partial charge in [-0.3, -0.25) is 9.59 Å². The maximum absolute atomic E-state index is 12.7. The van der Waals surface area contributed by atoms with Crippen molar-refractivity contribution in [2.24, 2.45) is 0 Å². The molecule has 2 amide bonds. The van der Waals surface area contributed by atoms with Crippen molar-refractivity contribution in [1.82, 2.24) is 14.5 Å². The van der Waals surface area contributed by atoms with Crippen LogP contribution in [0.5, 0.6) is 0 Å². The Labute approximate surface area is 188 Å². The Morgan fingerprint density at radius 2 is 1.55 bits per heavy atom. The average Bonchev–Trinajstić information content (AvgIpc) is 2.79. The summed E-state index contributed by atoms with van der Waals surface area (Å²) in [5, 5.41) is 3.49. The molecule has 1 fully saturated rings. The Kier molecular flexibility index (Phi) is 8.06. The number of hydrogen-bond acceptors (Lipinski definition) is 4. The molecule has 166 valence electrons. The summed E-state index contributed by atoms with van der Waals surface area (Å²) in [7, 11) is -3.55. The molecule has 7 nitrogen and oxygen atoms in total. The zero-order valence-electron chi connectivity index (χ0n) is 17.2. The highest BCUT2D eigenvalue weighted by atomic mass is 35.5. The van der Waals surface area contributed by atoms with Crippen molar-refractivity contribution >= 4 is 33.4 Å². The molecule has 1 aliphatic heterocycles. The van der Waals surface area contributed by atoms with E-state index in [0.29, 0.717) is 31.1 Å². The highest BCUT2D eigenvalue weighted by Gasteiger charge is 2.29. The summed E-state index contributed by atoms with van der Waals surface area (Å²) >= 11 is 5.85. The molecule has 9 heteroatoms. The second-order valence-electron chi connectivity index (χ2n) is 7.32. The van der Waals surface area contributed by atoms with Crippen molar-refractivity contribution in [3.05, 3.63) is 65.2 Å². The molecule has 3 rings (SSSR count). The van der Waals surface area contributed by atoms with Gasteiger partial charge in [0.1, 0.15) is 0 Å². The summed E-state index contributed by atoms with van der Waals surface area (Å²) in [5.41, 5.74) is 1.07. The van der Waals surface area contributed by atoms with Crippen LogP contribution >= 0.6 is 11.6 Å². The van der Waals surface area contributed by atoms with E-state index >= 15 is 0 Å². The van der Waals surface area contributed by atoms with Crippen molar-refractivity contribution in [2.75, 3.05) is 32.7 Å². The lowest BCUT2D eigenvalue weighted by Gasteiger charge is -2.34. The quantitative estimate of drug-likeness (QED) is 0.650. The van der Waals surface area contributed by atoms with Gasteiger partial charge in [0.2, 0.25) is 21.8 Å². The Morgan fingerprint density at radius 3 is 2.19 bits per heavy atom. The fourth-order valence-electron chi connectivity index (χ4n) is 3.38. The minimum atomic E-state index is -3.55. The monoisotopic (exact) mass is 463 g/mol. The first-order chi connectivity index (χ1) is 14.9. The Hall–Kier alpha value is -2.42. The summed E-state index contributed by atoms with van der Waals surface area (Å²) in [5.74, 6) is -0.308. The molecule has 31 heavy (non-hydrogen) atoms. The maximum atomic E-state index is 12.7. The normalized spacial score (nSPS) is 14.9. The van der Waals surface area contributed by atoms with Crippen molar-refractivity contribution in [3.8, 4) is 0 Å². The molecule has 1 aliphatic rings. The van der Waals surface area contributed by atoms with E-state index in [2.05, 4.69) is 5.32 Å². The van der Waals surface area contributed by atoms with Crippen LogP contribution in [0.4, 0.5) is 0 Å². The van der Waals surface area contributed by atoms with Gasteiger partial charge in [0.05, 0.1) is 4.90 Å². The Bertz CT molecular complexity index is 989. The fourth-order valence-corrected chi connectivity index (χ4v) is 4.95. The second kappa shape index (κ2) is 10.7. The fraction of sp³-hybridized carbons (Fsp3) is 0.364. The second-order valence-corrected chi connectivity index (χ2v) is 9.70. The molecule has 1 heterocycles. The van der Waals surface area contributed by atoms with E-state index in [1.54, 1.807) is 35.2 Å². The lowest BCUT2D eigenvalue weighted by molar-refractivity contribution is -0.134. The summed E-state index contributed by atoms with van der Waals surface area (Å²) < 4.78 is 26.7. The predicted octanol–water partition coefficient (Wildman–Crippen LogP) is 2.31. The van der Waals surface area contributed by atoms with Crippen LogP contribution in [0.3, 0.4) is 0 Å². The van der Waals surface area contributed by atoms with Crippen LogP contribution < -0.4 is 5.32 Å². The van der Waals surface area contributed by atoms with Crippen LogP contribution in [-0.4, -0.2) is 62.2 Å². The molecule has 2 aromatic carbocycles. The molecule has 0 unspecified atom stereocenters. The van der Waals surface area contributed by atoms with Gasteiger partial charge in [-0.15, -0.1) is 0 Å². The molecule has 0 radical (unpaired) electrons. The minimum Gasteiger partial charge on any atom is -0.356 e. The Balaban J connectivity index is 1.38. The number of rotatable bonds is 8. The molecule has 0 atom stereocenters. The van der Waals surface area contributed by atoms with Crippen LogP contribution in [-0.2, 0) is 26.0 Å². The van der Waals surface area contributed by atoms with Gasteiger partial charge in [0, 0.05) is 50.6 Å². The summed E-state index contributed by atoms with van der Waals surface area (Å²) in [6.45, 7) is 1.63. The molecule has 0 saturated carbocycles. The third-order valence-corrected chi connectivity index (χ3v) is 7.35. The molecular formula is C22H26ClN3O4S. The van der Waals surface area contributed by atoms with E-state index in [0.717, 1.165) is 5.56 Å². The number of carbonyl (C=O) groups is 2. The van der Waals surface area contributed by atoms with Gasteiger partial charge in [-0.05, 0) is 36.2 Å². The zero-order valence-corrected chi connectivity index (χ0v) is 18.7. The lowest BCUT2D eigenvalue weighted by atomic mass is 10.1. The van der Waals surface area contributed by atoms with Gasteiger partial charge in [0.25, 0.3) is 0 Å². The van der Waals surface area contributed by atoms with Crippen molar-refractivity contribution in [3.63, 3.8) is 0 Å². The van der Waals surface area contributed by atoms with E-state index in [1.807, 2.05) is 24.3 Å². The minimum absolute atomic E-state index is 0.109. The highest BCUT2D eigenvalue weighted by Crippen LogP contribution is 2.17. The van der Waals surface area contributed by atoms with Crippen molar-refractivity contribution in [2.45, 2.75) is 24.2 Å². The number of nitrogens with one attached hydrogen (secondary N) is 1. The molecule has 0 bridgehead atoms. The van der Waals surface area contributed by atoms with Crippen LogP contribution in [0.2, 0.25) is 5.02 Å². The number of nitrogens with zero attached hydrogens (tertiary/aromatic N) is 2. The van der Waals surface area contributed by atoms with Gasteiger partial charge in [0.15, 0.2) is 0 Å². The van der Waals surface area contributed by atoms with Gasteiger partial charge < -0.3 is 10.2 Å². The number of piperazine rings is 1. The van der Waals surface area contributed by atoms with Gasteiger partial charge >= 0.3 is 0 Å². The van der Waals surface area contributed by atoms with Crippen LogP contribution in [0.15, 0.2) is 59.5 Å². The van der Waals surface area contributed by atoms with E-state index in [9.17, 15) is 18.0 Å². The van der Waals surface area contributed by atoms with E-state index in [-0.39, 0.29) is 42.6 Å². The van der Waals surface area contributed by atoms with E-state index in [4.69, 9.17) is 11.6 Å². The first-order valence-corrected chi connectivity index (χ1v) is 12.0. The van der Waals surface area contributed by atoms with Crippen molar-refractivity contribution in [1.29, 1.82) is 0 Å². The summed E-state index contributed by atoms with van der Waals surface area (Å²) in [6.07, 6.45) is 0.912. The first kappa shape index (κ1) is 23.2. The van der Waals surface area contributed by atoms with Gasteiger partial charge in [-0.2, -0.15) is 4.31 Å². The molecule has 1 N–H and O–H groups in total. The number of halogens is 1. The SMILES string of the molecule is O=C(CCC(=O)N1CCN(S(=O)(=O)c2ccccc2)CC1)NCCc1ccc(Cl)cc1. The lowest BCUT2D eigenvalue weighted by Crippen LogP contribution is -2.50. The molecule has 0 aromatic heterocycles. The zero-order chi connectivity index (χ0) is 22.3. The molecule has 0 aliphatic carbocycles. The van der Waals surface area contributed by atoms with Crippen LogP contribution in [0.25, 0.3) is 0 Å². The largest absolute Gasteiger partial charge is 0.356 e. The van der Waals surface area contributed by atoms with E-state index < -0.39 is 10.0 Å². The topological polar surface area (TPSA) is 86.8 Å². The van der Waals surface area contributed by atoms with Crippen LogP contribution in [0.1, 0.15) is 18.4 Å². The molecule has 1 saturated heterocycles. The molecule has 2 aromatic rings. The summed E-state index contributed by atoms with van der Waals surface area (Å²) in [6, 6.07) is 15.7. The molecule has 0 spiro atoms. The van der Waals surface area contributed by atoms with Crippen molar-refractivity contribution < 1.29 is 18.0 Å².